The Kier molecular flexibility index (Phi) is 8.26. The van der Waals surface area contributed by atoms with Crippen LogP contribution in [0.4, 0.5) is 39.5 Å². The second-order valence-corrected chi connectivity index (χ2v) is 12.0. The fourth-order valence-electron chi connectivity index (χ4n) is 1.53. The van der Waals surface area contributed by atoms with E-state index in [9.17, 15) is 64.8 Å². The summed E-state index contributed by atoms with van der Waals surface area (Å²) in [6.07, 6.45) is 4.18. The van der Waals surface area contributed by atoms with Crippen LogP contribution in [0.15, 0.2) is 18.5 Å². The highest BCUT2D eigenvalue weighted by Crippen LogP contribution is 2.47. The summed E-state index contributed by atoms with van der Waals surface area (Å²) in [5.41, 5.74) is -18.5. The SMILES string of the molecule is Cc1cc[n+](C)cc1C.O=S(=O)([C-](S(=O)(=O)C(F)(F)F)S(=O)(=O)C(F)(F)F)C(F)(F)F. The van der Waals surface area contributed by atoms with Crippen LogP contribution in [0.1, 0.15) is 11.1 Å². The summed E-state index contributed by atoms with van der Waals surface area (Å²) in [5, 5.41) is 0. The zero-order valence-corrected chi connectivity index (χ0v) is 17.7. The van der Waals surface area contributed by atoms with Gasteiger partial charge in [0.25, 0.3) is 0 Å². The van der Waals surface area contributed by atoms with E-state index in [4.69, 9.17) is 0 Å². The van der Waals surface area contributed by atoms with E-state index in [-0.39, 0.29) is 0 Å². The number of pyridine rings is 1. The number of sulfone groups is 3. The molecule has 19 heteroatoms. The van der Waals surface area contributed by atoms with Crippen LogP contribution in [0.2, 0.25) is 0 Å². The van der Waals surface area contributed by atoms with Gasteiger partial charge in [-0.15, -0.1) is 0 Å². The standard InChI is InChI=1S/C8H12N.C4F9O6S3/c1-7-4-5-9(3)6-8(7)2;5-2(6,7)20(14,15)1(21(16,17)3(8,9)10)22(18,19)4(11,12)13/h4-6H,1-3H3;/q+1;-1. The molecule has 0 spiro atoms. The molecule has 0 N–H and O–H groups in total. The van der Waals surface area contributed by atoms with Crippen molar-refractivity contribution in [3.8, 4) is 0 Å². The topological polar surface area (TPSA) is 106 Å². The van der Waals surface area contributed by atoms with Gasteiger partial charge in [-0.25, -0.2) is 4.57 Å². The Labute approximate surface area is 170 Å². The van der Waals surface area contributed by atoms with Crippen LogP contribution in [0.5, 0.6) is 0 Å². The van der Waals surface area contributed by atoms with Crippen LogP contribution in [-0.4, -0.2) is 41.8 Å². The van der Waals surface area contributed by atoms with Crippen molar-refractivity contribution in [3.63, 3.8) is 0 Å². The summed E-state index contributed by atoms with van der Waals surface area (Å²) in [4.78, 5) is 0. The molecule has 1 rings (SSSR count). The molecule has 1 aromatic heterocycles. The van der Waals surface area contributed by atoms with Crippen LogP contribution in [0.3, 0.4) is 0 Å². The summed E-state index contributed by atoms with van der Waals surface area (Å²) in [6, 6.07) is 2.12. The van der Waals surface area contributed by atoms with E-state index in [0.717, 1.165) is 0 Å². The molecule has 0 saturated carbocycles. The van der Waals surface area contributed by atoms with Crippen LogP contribution < -0.4 is 4.57 Å². The van der Waals surface area contributed by atoms with Crippen LogP contribution >= 0.6 is 0 Å². The van der Waals surface area contributed by atoms with E-state index in [1.807, 2.05) is 7.05 Å². The molecule has 31 heavy (non-hydrogen) atoms. The van der Waals surface area contributed by atoms with E-state index in [1.54, 1.807) is 0 Å². The number of rotatable bonds is 3. The minimum atomic E-state index is -8.02. The number of hydrogen-bond donors (Lipinski definition) is 0. The van der Waals surface area contributed by atoms with E-state index in [1.165, 1.54) is 11.1 Å². The monoisotopic (exact) mass is 533 g/mol. The van der Waals surface area contributed by atoms with Crippen molar-refractivity contribution in [2.45, 2.75) is 30.4 Å². The quantitative estimate of drug-likeness (QED) is 0.336. The average molecular weight is 533 g/mol. The summed E-state index contributed by atoms with van der Waals surface area (Å²) in [6.45, 7) is 4.24. The van der Waals surface area contributed by atoms with E-state index >= 15 is 0 Å². The Hall–Kier alpha value is -1.63. The highest BCUT2D eigenvalue weighted by Gasteiger charge is 2.63. The lowest BCUT2D eigenvalue weighted by atomic mass is 10.2. The molecule has 1 aromatic rings. The first kappa shape index (κ1) is 29.4. The maximum Gasteiger partial charge on any atom is 0.470 e. The largest absolute Gasteiger partial charge is 0.470 e. The molecule has 1 heterocycles. The predicted molar refractivity (Wildman–Crippen MR) is 85.3 cm³/mol. The summed E-state index contributed by atoms with van der Waals surface area (Å²) < 4.78 is 169. The second-order valence-electron chi connectivity index (χ2n) is 5.57. The number of aryl methyl sites for hydroxylation is 3. The van der Waals surface area contributed by atoms with Crippen molar-refractivity contribution in [1.82, 2.24) is 0 Å². The number of alkyl halides is 9. The van der Waals surface area contributed by atoms with Crippen molar-refractivity contribution in [3.05, 3.63) is 33.5 Å². The van der Waals surface area contributed by atoms with Gasteiger partial charge in [0, 0.05) is 11.6 Å². The molecule has 0 unspecified atom stereocenters. The van der Waals surface area contributed by atoms with Crippen molar-refractivity contribution >= 4 is 29.5 Å². The smallest absolute Gasteiger partial charge is 0.251 e. The Bertz CT molecular complexity index is 1010. The van der Waals surface area contributed by atoms with Crippen LogP contribution in [0, 0.1) is 17.8 Å². The third-order valence-electron chi connectivity index (χ3n) is 3.15. The molecular formula is C12H12F9NO6S3. The average Bonchev–Trinajstić information content (AvgIpc) is 2.47. The molecular weight excluding hydrogens is 521 g/mol. The van der Waals surface area contributed by atoms with Gasteiger partial charge in [-0.3, -0.25) is 25.3 Å². The Morgan fingerprint density at radius 3 is 1.16 bits per heavy atom. The first-order valence-corrected chi connectivity index (χ1v) is 11.5. The zero-order valence-electron chi connectivity index (χ0n) is 15.3. The predicted octanol–water partition coefficient (Wildman–Crippen LogP) is 2.37. The number of hydrogen-bond acceptors (Lipinski definition) is 6. The summed E-state index contributed by atoms with van der Waals surface area (Å²) >= 11 is 0. The molecule has 182 valence electrons. The molecule has 0 aliphatic carbocycles. The normalized spacial score (nSPS) is 14.2. The molecule has 7 nitrogen and oxygen atoms in total. The first-order chi connectivity index (χ1) is 13.3. The highest BCUT2D eigenvalue weighted by atomic mass is 32.3. The molecule has 0 radical (unpaired) electrons. The number of halogens is 9. The lowest BCUT2D eigenvalue weighted by Gasteiger charge is -2.31. The third kappa shape index (κ3) is 6.21. The van der Waals surface area contributed by atoms with Crippen molar-refractivity contribution in [2.75, 3.05) is 0 Å². The van der Waals surface area contributed by atoms with Gasteiger partial charge in [-0.2, -0.15) is 39.5 Å². The minimum absolute atomic E-state index is 1.35. The Morgan fingerprint density at radius 2 is 0.968 bits per heavy atom. The van der Waals surface area contributed by atoms with Crippen LogP contribution in [-0.2, 0) is 36.6 Å². The Balaban J connectivity index is 0.000000823. The fraction of sp³-hybridized carbons (Fsp3) is 0.500. The highest BCUT2D eigenvalue weighted by molar-refractivity contribution is 8.29. The van der Waals surface area contributed by atoms with E-state index in [0.29, 0.717) is 0 Å². The van der Waals surface area contributed by atoms with E-state index in [2.05, 4.69) is 36.9 Å². The van der Waals surface area contributed by atoms with Crippen molar-refractivity contribution < 1.29 is 69.3 Å². The maximum absolute atomic E-state index is 12.0. The molecule has 0 aliphatic rings. The van der Waals surface area contributed by atoms with Gasteiger partial charge in [-0.1, -0.05) is 0 Å². The molecule has 0 fully saturated rings. The Morgan fingerprint density at radius 1 is 0.677 bits per heavy atom. The van der Waals surface area contributed by atoms with Gasteiger partial charge >= 0.3 is 16.5 Å². The molecule has 0 atom stereocenters. The van der Waals surface area contributed by atoms with Gasteiger partial charge in [0.2, 0.25) is 0 Å². The lowest BCUT2D eigenvalue weighted by Crippen LogP contribution is -2.47. The fourth-order valence-corrected chi connectivity index (χ4v) is 7.26. The van der Waals surface area contributed by atoms with Gasteiger partial charge < -0.3 is 0 Å². The molecule has 0 aromatic carbocycles. The summed E-state index contributed by atoms with van der Waals surface area (Å²) in [5.74, 6) is 0. The van der Waals surface area contributed by atoms with Crippen molar-refractivity contribution in [1.29, 1.82) is 0 Å². The van der Waals surface area contributed by atoms with Gasteiger partial charge in [0.15, 0.2) is 41.9 Å². The first-order valence-electron chi connectivity index (χ1n) is 7.05. The van der Waals surface area contributed by atoms with E-state index < -0.39 is 50.0 Å². The third-order valence-corrected chi connectivity index (χ3v) is 10.2. The summed E-state index contributed by atoms with van der Waals surface area (Å²) in [7, 11) is -22.0. The number of aromatic nitrogens is 1. The lowest BCUT2D eigenvalue weighted by molar-refractivity contribution is -0.671. The van der Waals surface area contributed by atoms with Gasteiger partial charge in [0.1, 0.15) is 7.05 Å². The molecule has 0 saturated heterocycles. The van der Waals surface area contributed by atoms with Gasteiger partial charge in [0.05, 0.1) is 3.91 Å². The van der Waals surface area contributed by atoms with Crippen LogP contribution in [0.25, 0.3) is 0 Å². The molecule has 0 bridgehead atoms. The number of nitrogens with zero attached hydrogens (tertiary/aromatic N) is 1. The maximum atomic E-state index is 12.0. The minimum Gasteiger partial charge on any atom is -0.251 e. The second kappa shape index (κ2) is 8.72. The zero-order chi connectivity index (χ0) is 25.4. The van der Waals surface area contributed by atoms with Crippen molar-refractivity contribution in [2.24, 2.45) is 7.05 Å². The molecule has 0 amide bonds. The van der Waals surface area contributed by atoms with Gasteiger partial charge in [-0.05, 0) is 19.4 Å². The molecule has 0 aliphatic heterocycles.